The summed E-state index contributed by atoms with van der Waals surface area (Å²) in [5.41, 5.74) is 1.51. The Hall–Kier alpha value is -4.01. The van der Waals surface area contributed by atoms with Gasteiger partial charge in [-0.15, -0.1) is 0 Å². The Morgan fingerprint density at radius 2 is 0.800 bits per heavy atom. The van der Waals surface area contributed by atoms with Gasteiger partial charge in [-0.3, -0.25) is 0 Å². The van der Waals surface area contributed by atoms with Crippen LogP contribution in [0.4, 0.5) is 0 Å². The van der Waals surface area contributed by atoms with Crippen LogP contribution in [0.15, 0.2) is 91.0 Å². The number of hydrogen-bond donors (Lipinski definition) is 1. The molecule has 0 aromatic heterocycles. The van der Waals surface area contributed by atoms with Crippen LogP contribution in [-0.2, 0) is 18.9 Å². The van der Waals surface area contributed by atoms with Gasteiger partial charge < -0.3 is 24.1 Å². The van der Waals surface area contributed by atoms with Gasteiger partial charge >= 0.3 is 17.9 Å². The van der Waals surface area contributed by atoms with E-state index < -0.39 is 5.97 Å². The van der Waals surface area contributed by atoms with E-state index in [1.165, 1.54) is 0 Å². The van der Waals surface area contributed by atoms with Crippen LogP contribution < -0.4 is 0 Å². The average Bonchev–Trinajstić information content (AvgIpc) is 2.92. The summed E-state index contributed by atoms with van der Waals surface area (Å²) in [5.74, 6) is -1.17. The molecule has 3 aromatic carbocycles. The zero-order valence-electron chi connectivity index (χ0n) is 19.2. The SMILES string of the molecule is O=C(OCCO)c1ccccc1.O=C(OCCOCCOC(=O)c1ccccc1)c1ccccc1. The molecule has 0 saturated carbocycles. The van der Waals surface area contributed by atoms with Crippen LogP contribution in [0.1, 0.15) is 31.1 Å². The number of rotatable bonds is 11. The van der Waals surface area contributed by atoms with Crippen LogP contribution >= 0.6 is 0 Å². The van der Waals surface area contributed by atoms with Crippen molar-refractivity contribution >= 4 is 17.9 Å². The van der Waals surface area contributed by atoms with Crippen molar-refractivity contribution in [1.82, 2.24) is 0 Å². The summed E-state index contributed by atoms with van der Waals surface area (Å²) in [4.78, 5) is 34.3. The molecule has 0 atom stereocenters. The Morgan fingerprint density at radius 1 is 0.486 bits per heavy atom. The van der Waals surface area contributed by atoms with E-state index in [1.807, 2.05) is 18.2 Å². The van der Waals surface area contributed by atoms with Crippen LogP contribution in [0.5, 0.6) is 0 Å². The first kappa shape index (κ1) is 27.2. The lowest BCUT2D eigenvalue weighted by Gasteiger charge is -2.07. The number of aliphatic hydroxyl groups is 1. The second kappa shape index (κ2) is 16.6. The van der Waals surface area contributed by atoms with Crippen molar-refractivity contribution in [3.63, 3.8) is 0 Å². The predicted octanol–water partition coefficient (Wildman–Crippen LogP) is 3.55. The van der Waals surface area contributed by atoms with Gasteiger partial charge in [-0.1, -0.05) is 54.6 Å². The Morgan fingerprint density at radius 3 is 1.11 bits per heavy atom. The quantitative estimate of drug-likeness (QED) is 0.252. The first-order chi connectivity index (χ1) is 17.1. The second-order valence-corrected chi connectivity index (χ2v) is 6.84. The first-order valence-corrected chi connectivity index (χ1v) is 11.0. The maximum absolute atomic E-state index is 11.6. The van der Waals surface area contributed by atoms with Gasteiger partial charge in [0, 0.05) is 0 Å². The molecule has 1 N–H and O–H groups in total. The number of carbonyl (C=O) groups is 3. The standard InChI is InChI=1S/C18H18O5.C9H10O3/c19-17(15-7-3-1-4-8-15)22-13-11-21-12-14-23-18(20)16-9-5-2-6-10-16;10-6-7-12-9(11)8-4-2-1-3-5-8/h1-10H,11-14H2;1-5,10H,6-7H2. The third-order valence-electron chi connectivity index (χ3n) is 4.27. The molecule has 35 heavy (non-hydrogen) atoms. The molecule has 184 valence electrons. The van der Waals surface area contributed by atoms with Crippen molar-refractivity contribution in [2.45, 2.75) is 0 Å². The van der Waals surface area contributed by atoms with Gasteiger partial charge in [0.25, 0.3) is 0 Å². The second-order valence-electron chi connectivity index (χ2n) is 6.84. The lowest BCUT2D eigenvalue weighted by atomic mass is 10.2. The highest BCUT2D eigenvalue weighted by molar-refractivity contribution is 5.90. The van der Waals surface area contributed by atoms with Crippen molar-refractivity contribution in [3.8, 4) is 0 Å². The lowest BCUT2D eigenvalue weighted by molar-refractivity contribution is 0.0151. The Kier molecular flexibility index (Phi) is 12.9. The molecular formula is C27H28O8. The summed E-state index contributed by atoms with van der Waals surface area (Å²) in [6.07, 6.45) is 0. The zero-order chi connectivity index (χ0) is 25.1. The van der Waals surface area contributed by atoms with Gasteiger partial charge in [-0.05, 0) is 36.4 Å². The summed E-state index contributed by atoms with van der Waals surface area (Å²) in [5, 5.41) is 8.38. The number of ether oxygens (including phenoxy) is 4. The number of hydrogen-bond acceptors (Lipinski definition) is 8. The van der Waals surface area contributed by atoms with Crippen molar-refractivity contribution < 1.29 is 38.4 Å². The van der Waals surface area contributed by atoms with Crippen molar-refractivity contribution in [2.75, 3.05) is 39.6 Å². The summed E-state index contributed by atoms with van der Waals surface area (Å²) in [7, 11) is 0. The minimum atomic E-state index is -0.398. The minimum absolute atomic E-state index is 0.0493. The fourth-order valence-electron chi connectivity index (χ4n) is 2.60. The summed E-state index contributed by atoms with van der Waals surface area (Å²) < 4.78 is 20.0. The molecule has 0 amide bonds. The van der Waals surface area contributed by atoms with Crippen LogP contribution in [0.25, 0.3) is 0 Å². The zero-order valence-corrected chi connectivity index (χ0v) is 19.2. The number of benzene rings is 3. The van der Waals surface area contributed by atoms with Gasteiger partial charge in [0.2, 0.25) is 0 Å². The molecule has 0 spiro atoms. The molecule has 0 heterocycles. The smallest absolute Gasteiger partial charge is 0.338 e. The third kappa shape index (κ3) is 11.1. The Labute approximate surface area is 204 Å². The molecule has 0 bridgehead atoms. The highest BCUT2D eigenvalue weighted by Crippen LogP contribution is 2.02. The van der Waals surface area contributed by atoms with Crippen LogP contribution in [0.3, 0.4) is 0 Å². The van der Waals surface area contributed by atoms with Gasteiger partial charge in [-0.25, -0.2) is 14.4 Å². The van der Waals surface area contributed by atoms with E-state index >= 15 is 0 Å². The van der Waals surface area contributed by atoms with E-state index in [9.17, 15) is 14.4 Å². The molecule has 3 aromatic rings. The van der Waals surface area contributed by atoms with Crippen molar-refractivity contribution in [2.24, 2.45) is 0 Å². The lowest BCUT2D eigenvalue weighted by Crippen LogP contribution is -2.14. The maximum atomic E-state index is 11.6. The summed E-state index contributed by atoms with van der Waals surface area (Å²) >= 11 is 0. The predicted molar refractivity (Wildman–Crippen MR) is 128 cm³/mol. The number of aliphatic hydroxyl groups excluding tert-OH is 1. The monoisotopic (exact) mass is 480 g/mol. The van der Waals surface area contributed by atoms with E-state index in [4.69, 9.17) is 19.3 Å². The van der Waals surface area contributed by atoms with Crippen molar-refractivity contribution in [3.05, 3.63) is 108 Å². The first-order valence-electron chi connectivity index (χ1n) is 11.0. The normalized spacial score (nSPS) is 9.86. The summed E-state index contributed by atoms with van der Waals surface area (Å²) in [6.45, 7) is 0.718. The van der Waals surface area contributed by atoms with Crippen LogP contribution in [0, 0.1) is 0 Å². The third-order valence-corrected chi connectivity index (χ3v) is 4.27. The number of carbonyl (C=O) groups excluding carboxylic acids is 3. The topological polar surface area (TPSA) is 108 Å². The fraction of sp³-hybridized carbons (Fsp3) is 0.222. The largest absolute Gasteiger partial charge is 0.460 e. The Bertz CT molecular complexity index is 952. The highest BCUT2D eigenvalue weighted by Gasteiger charge is 2.07. The Balaban J connectivity index is 0.000000303. The molecule has 3 rings (SSSR count). The van der Waals surface area contributed by atoms with E-state index in [2.05, 4.69) is 4.74 Å². The molecular weight excluding hydrogens is 452 g/mol. The molecule has 0 saturated heterocycles. The van der Waals surface area contributed by atoms with Crippen LogP contribution in [0.2, 0.25) is 0 Å². The minimum Gasteiger partial charge on any atom is -0.460 e. The van der Waals surface area contributed by atoms with E-state index in [0.29, 0.717) is 16.7 Å². The molecule has 8 nitrogen and oxygen atoms in total. The van der Waals surface area contributed by atoms with Gasteiger partial charge in [-0.2, -0.15) is 0 Å². The molecule has 0 fully saturated rings. The molecule has 0 aliphatic rings. The molecule has 8 heteroatoms. The summed E-state index contributed by atoms with van der Waals surface area (Å²) in [6, 6.07) is 26.2. The van der Waals surface area contributed by atoms with E-state index in [1.54, 1.807) is 72.8 Å². The van der Waals surface area contributed by atoms with Gasteiger partial charge in [0.15, 0.2) is 0 Å². The average molecular weight is 481 g/mol. The molecule has 0 radical (unpaired) electrons. The number of esters is 3. The fourth-order valence-corrected chi connectivity index (χ4v) is 2.60. The van der Waals surface area contributed by atoms with Crippen LogP contribution in [-0.4, -0.2) is 62.7 Å². The van der Waals surface area contributed by atoms with Gasteiger partial charge in [0.1, 0.15) is 19.8 Å². The molecule has 0 aliphatic carbocycles. The van der Waals surface area contributed by atoms with E-state index in [0.717, 1.165) is 0 Å². The molecule has 0 aliphatic heterocycles. The maximum Gasteiger partial charge on any atom is 0.338 e. The highest BCUT2D eigenvalue weighted by atomic mass is 16.6. The van der Waals surface area contributed by atoms with E-state index in [-0.39, 0.29) is 51.6 Å². The van der Waals surface area contributed by atoms with Crippen molar-refractivity contribution in [1.29, 1.82) is 0 Å². The van der Waals surface area contributed by atoms with Gasteiger partial charge in [0.05, 0.1) is 36.5 Å². The molecule has 0 unspecified atom stereocenters.